The Morgan fingerprint density at radius 1 is 0.320 bits per heavy atom. The Labute approximate surface area is 558 Å². The molecule has 0 unspecified atom stereocenters. The predicted molar refractivity (Wildman–Crippen MR) is 389 cm³/mol. The number of aromatic nitrogens is 4. The van der Waals surface area contributed by atoms with E-state index in [0.29, 0.717) is 39.2 Å². The highest BCUT2D eigenvalue weighted by Gasteiger charge is 2.33. The summed E-state index contributed by atoms with van der Waals surface area (Å²) >= 11 is 0. The normalized spacial score (nSPS) is 11.7. The summed E-state index contributed by atoms with van der Waals surface area (Å²) in [5.41, 5.74) is 23.6. The third kappa shape index (κ3) is 9.86. The van der Waals surface area contributed by atoms with Gasteiger partial charge in [0, 0.05) is 54.2 Å². The van der Waals surface area contributed by atoms with E-state index in [2.05, 4.69) is 215 Å². The van der Waals surface area contributed by atoms with Gasteiger partial charge in [-0.25, -0.2) is 4.85 Å². The van der Waals surface area contributed by atoms with E-state index in [-0.39, 0.29) is 5.69 Å². The fourth-order valence-electron chi connectivity index (χ4n) is 14.7. The number of aryl methyl sites for hydroxylation is 9. The van der Waals surface area contributed by atoms with Gasteiger partial charge in [-0.3, -0.25) is 0 Å². The van der Waals surface area contributed by atoms with Gasteiger partial charge in [0.2, 0.25) is 0 Å². The summed E-state index contributed by atoms with van der Waals surface area (Å²) < 4.78 is 50.3. The molecule has 0 aliphatic heterocycles. The first-order valence-electron chi connectivity index (χ1n) is 32.1. The van der Waals surface area contributed by atoms with Crippen LogP contribution in [0.1, 0.15) is 72.3 Å². The lowest BCUT2D eigenvalue weighted by atomic mass is 9.94. The van der Waals surface area contributed by atoms with Crippen LogP contribution in [0.3, 0.4) is 0 Å². The van der Waals surface area contributed by atoms with Gasteiger partial charge >= 0.3 is 6.18 Å². The Balaban J connectivity index is 0.000000159. The van der Waals surface area contributed by atoms with E-state index < -0.39 is 11.7 Å². The van der Waals surface area contributed by atoms with Crippen molar-refractivity contribution in [1.82, 2.24) is 18.3 Å². The molecule has 0 aliphatic carbocycles. The predicted octanol–water partition coefficient (Wildman–Crippen LogP) is 23.1. The van der Waals surface area contributed by atoms with Gasteiger partial charge < -0.3 is 18.3 Å². The van der Waals surface area contributed by atoms with Crippen molar-refractivity contribution in [3.05, 3.63) is 290 Å². The molecule has 0 aliphatic rings. The summed E-state index contributed by atoms with van der Waals surface area (Å²) in [5, 5.41) is 40.9. The van der Waals surface area contributed by atoms with Crippen LogP contribution in [-0.4, -0.2) is 18.3 Å². The van der Waals surface area contributed by atoms with Crippen molar-refractivity contribution in [3.63, 3.8) is 0 Å². The number of alkyl halides is 3. The van der Waals surface area contributed by atoms with Crippen molar-refractivity contribution in [2.45, 2.75) is 68.5 Å². The number of rotatable bonds is 6. The first-order valence-corrected chi connectivity index (χ1v) is 32.1. The van der Waals surface area contributed by atoms with Crippen LogP contribution in [-0.2, 0) is 6.18 Å². The van der Waals surface area contributed by atoms with E-state index in [1.165, 1.54) is 6.07 Å². The molecule has 0 amide bonds. The molecule has 0 saturated carbocycles. The third-order valence-corrected chi connectivity index (χ3v) is 19.2. The molecule has 4 aromatic heterocycles. The summed E-state index contributed by atoms with van der Waals surface area (Å²) in [7, 11) is 0. The third-order valence-electron chi connectivity index (χ3n) is 19.2. The smallest absolute Gasteiger partial charge is 0.308 e. The van der Waals surface area contributed by atoms with Gasteiger partial charge in [-0.2, -0.15) is 29.0 Å². The van der Waals surface area contributed by atoms with E-state index in [1.54, 1.807) is 0 Å². The second-order valence-electron chi connectivity index (χ2n) is 25.9. The number of hydrogen-bond acceptors (Lipinski definition) is 3. The van der Waals surface area contributed by atoms with Crippen molar-refractivity contribution in [3.8, 4) is 63.2 Å². The number of halogens is 3. The minimum absolute atomic E-state index is 0.144. The lowest BCUT2D eigenvalue weighted by molar-refractivity contribution is -0.137. The molecule has 97 heavy (non-hydrogen) atoms. The zero-order valence-electron chi connectivity index (χ0n) is 54.8. The number of hydrogen-bond donors (Lipinski definition) is 0. The van der Waals surface area contributed by atoms with Crippen molar-refractivity contribution < 1.29 is 13.2 Å². The molecule has 8 nitrogen and oxygen atoms in total. The van der Waals surface area contributed by atoms with E-state index in [4.69, 9.17) is 6.57 Å². The van der Waals surface area contributed by atoms with Crippen molar-refractivity contribution in [2.24, 2.45) is 0 Å². The Kier molecular flexibility index (Phi) is 14.4. The number of fused-ring (bicyclic) bond motifs is 12. The van der Waals surface area contributed by atoms with Crippen LogP contribution >= 0.6 is 0 Å². The number of nitriles is 3. The molecule has 0 radical (unpaired) electrons. The SMILES string of the molecule is Cc1ccc2c3ccc(C)cc3n(-c3ccc(-c4ccc(C#N)cc4C)c(-n4c5cc(C)ccc5c5ccc(C)cc54)c3C#N)c2c1.[C-]#[N+]c1cc(C(F)(F)F)ccc1-c1ccc(-n2c3cc(C)ccc3c3ccc(C)cc32)c(C#N)c1-n1c2cc(C)ccc2c2ccc(C)cc21. The lowest BCUT2D eigenvalue weighted by Crippen LogP contribution is -2.07. The first-order chi connectivity index (χ1) is 46.7. The highest BCUT2D eigenvalue weighted by Crippen LogP contribution is 2.48. The van der Waals surface area contributed by atoms with Crippen molar-refractivity contribution in [1.29, 1.82) is 15.8 Å². The topological polar surface area (TPSA) is 95.4 Å². The van der Waals surface area contributed by atoms with Crippen molar-refractivity contribution >= 4 is 92.9 Å². The summed E-state index contributed by atoms with van der Waals surface area (Å²) in [5.74, 6) is 0. The Bertz CT molecular complexity index is 6050. The molecule has 11 heteroatoms. The average Bonchev–Trinajstić information content (AvgIpc) is 1.61. The van der Waals surface area contributed by atoms with Crippen LogP contribution in [0.15, 0.2) is 206 Å². The maximum absolute atomic E-state index is 13.9. The van der Waals surface area contributed by atoms with E-state index in [9.17, 15) is 29.0 Å². The van der Waals surface area contributed by atoms with Gasteiger partial charge in [0.25, 0.3) is 0 Å². The summed E-state index contributed by atoms with van der Waals surface area (Å²) in [4.78, 5) is 3.58. The van der Waals surface area contributed by atoms with Crippen LogP contribution in [0, 0.1) is 103 Å². The maximum Gasteiger partial charge on any atom is 0.415 e. The van der Waals surface area contributed by atoms with Gasteiger partial charge in [-0.15, -0.1) is 0 Å². The minimum Gasteiger partial charge on any atom is -0.308 e. The molecule has 16 aromatic rings. The fourth-order valence-corrected chi connectivity index (χ4v) is 14.7. The maximum atomic E-state index is 13.9. The summed E-state index contributed by atoms with van der Waals surface area (Å²) in [6, 6.07) is 75.8. The molecule has 0 fully saturated rings. The largest absolute Gasteiger partial charge is 0.415 e. The van der Waals surface area contributed by atoms with E-state index >= 15 is 0 Å². The van der Waals surface area contributed by atoms with Crippen molar-refractivity contribution in [2.75, 3.05) is 0 Å². The van der Waals surface area contributed by atoms with Crippen LogP contribution in [0.4, 0.5) is 18.9 Å². The summed E-state index contributed by atoms with van der Waals surface area (Å²) in [6.45, 7) is 26.5. The molecule has 0 N–H and O–H groups in total. The Hall–Kier alpha value is -12.4. The molecule has 12 aromatic carbocycles. The number of benzene rings is 12. The summed E-state index contributed by atoms with van der Waals surface area (Å²) in [6.07, 6.45) is -4.61. The highest BCUT2D eigenvalue weighted by molar-refractivity contribution is 6.14. The molecule has 0 atom stereocenters. The fraction of sp³-hybridized carbons (Fsp3) is 0.116. The van der Waals surface area contributed by atoms with Gasteiger partial charge in [0.05, 0.1) is 85.1 Å². The van der Waals surface area contributed by atoms with Crippen LogP contribution in [0.25, 0.3) is 137 Å². The van der Waals surface area contributed by atoms with Gasteiger partial charge in [0.1, 0.15) is 23.3 Å². The molecule has 4 heterocycles. The monoisotopic (exact) mass is 1260 g/mol. The second-order valence-corrected chi connectivity index (χ2v) is 25.9. The van der Waals surface area contributed by atoms with Crippen LogP contribution in [0.5, 0.6) is 0 Å². The molecule has 0 spiro atoms. The molecule has 466 valence electrons. The lowest BCUT2D eigenvalue weighted by Gasteiger charge is -2.21. The molecule has 0 saturated heterocycles. The Morgan fingerprint density at radius 3 is 0.887 bits per heavy atom. The first kappa shape index (κ1) is 60.8. The van der Waals surface area contributed by atoms with Crippen LogP contribution in [0.2, 0.25) is 0 Å². The quantitative estimate of drug-likeness (QED) is 0.155. The zero-order chi connectivity index (χ0) is 67.6. The van der Waals surface area contributed by atoms with E-state index in [1.807, 2.05) is 77.1 Å². The average molecular weight is 1260 g/mol. The highest BCUT2D eigenvalue weighted by atomic mass is 19.4. The molecule has 0 bridgehead atoms. The van der Waals surface area contributed by atoms with Gasteiger partial charge in [-0.05, 0) is 208 Å². The molecular formula is C86H61F3N8. The van der Waals surface area contributed by atoms with Gasteiger partial charge in [0.15, 0.2) is 5.69 Å². The number of nitrogens with zero attached hydrogens (tertiary/aromatic N) is 8. The zero-order valence-corrected chi connectivity index (χ0v) is 54.8. The second kappa shape index (κ2) is 23.0. The van der Waals surface area contributed by atoms with E-state index in [0.717, 1.165) is 172 Å². The minimum atomic E-state index is -4.61. The standard InChI is InChI=1S/C43H29F3N4.C43H32N4/c1-24-6-11-30-31-12-7-25(2)19-39(31)49(38(30)18-24)37-17-16-34(29-15-10-28(43(44,45)46)22-36(29)48-5)42(35(37)23-47)50-40-20-26(3)8-13-32(40)33-14-9-27(4)21-41(33)50;1-25-6-11-32-33-12-7-26(2)19-40(33)46(39(32)18-25)38-17-16-36(31-15-10-30(23-44)22-29(31)5)43(37(38)24-45)47-41-20-27(3)8-13-34(41)35-14-9-28(4)21-42(35)47/h6-22H,1-4H3;6-22H,1-5H3. The van der Waals surface area contributed by atoms with Crippen LogP contribution < -0.4 is 0 Å². The Morgan fingerprint density at radius 2 is 0.608 bits per heavy atom. The van der Waals surface area contributed by atoms with Gasteiger partial charge in [-0.1, -0.05) is 127 Å². The molecule has 16 rings (SSSR count). The molecular weight excluding hydrogens is 1200 g/mol.